The maximum atomic E-state index is 6.38. The lowest BCUT2D eigenvalue weighted by Gasteiger charge is -2.46. The van der Waals surface area contributed by atoms with Gasteiger partial charge in [0.2, 0.25) is 0 Å². The Bertz CT molecular complexity index is 715. The summed E-state index contributed by atoms with van der Waals surface area (Å²) < 4.78 is 6.38. The molecule has 0 amide bonds. The summed E-state index contributed by atoms with van der Waals surface area (Å²) in [6.07, 6.45) is 13.9. The Balaban J connectivity index is 1.32. The van der Waals surface area contributed by atoms with Crippen molar-refractivity contribution in [2.24, 2.45) is 0 Å². The number of hydrogen-bond acceptors (Lipinski definition) is 5. The molecule has 1 aliphatic carbocycles. The van der Waals surface area contributed by atoms with Crippen LogP contribution in [0.5, 0.6) is 0 Å². The van der Waals surface area contributed by atoms with Crippen molar-refractivity contribution in [1.29, 1.82) is 0 Å². The SMILES string of the molecule is CC1CC(NCC[C@@]2(c3ccccn3)CCOC3(CCCC3)C2)C2=CCNN21. The molecule has 2 saturated heterocycles. The van der Waals surface area contributed by atoms with Crippen LogP contribution in [-0.4, -0.2) is 47.4 Å². The van der Waals surface area contributed by atoms with E-state index in [0.29, 0.717) is 12.1 Å². The van der Waals surface area contributed by atoms with Crippen LogP contribution in [0.25, 0.3) is 0 Å². The topological polar surface area (TPSA) is 49.4 Å². The molecule has 1 spiro atoms. The minimum atomic E-state index is 0.104. The smallest absolute Gasteiger partial charge is 0.0691 e. The Labute approximate surface area is 168 Å². The first-order valence-corrected chi connectivity index (χ1v) is 11.2. The molecular formula is C23H34N4O. The van der Waals surface area contributed by atoms with E-state index in [4.69, 9.17) is 9.72 Å². The summed E-state index contributed by atoms with van der Waals surface area (Å²) in [4.78, 5) is 4.83. The second-order valence-electron chi connectivity index (χ2n) is 9.36. The third-order valence-corrected chi connectivity index (χ3v) is 7.59. The highest BCUT2D eigenvalue weighted by Gasteiger charge is 2.48. The van der Waals surface area contributed by atoms with E-state index in [0.717, 1.165) is 39.0 Å². The van der Waals surface area contributed by atoms with Gasteiger partial charge in [-0.1, -0.05) is 18.9 Å². The first-order chi connectivity index (χ1) is 13.7. The fraction of sp³-hybridized carbons (Fsp3) is 0.696. The van der Waals surface area contributed by atoms with E-state index in [1.165, 1.54) is 43.5 Å². The van der Waals surface area contributed by atoms with Gasteiger partial charge in [0.25, 0.3) is 0 Å². The Kier molecular flexibility index (Phi) is 4.93. The van der Waals surface area contributed by atoms with Gasteiger partial charge in [0.05, 0.1) is 11.6 Å². The molecule has 3 aliphatic heterocycles. The summed E-state index contributed by atoms with van der Waals surface area (Å²) in [7, 11) is 0. The number of ether oxygens (including phenoxy) is 1. The zero-order valence-corrected chi connectivity index (χ0v) is 17.1. The zero-order valence-electron chi connectivity index (χ0n) is 17.1. The van der Waals surface area contributed by atoms with E-state index in [-0.39, 0.29) is 11.0 Å². The van der Waals surface area contributed by atoms with Gasteiger partial charge in [0.15, 0.2) is 0 Å². The highest BCUT2D eigenvalue weighted by molar-refractivity contribution is 5.22. The van der Waals surface area contributed by atoms with E-state index in [9.17, 15) is 0 Å². The van der Waals surface area contributed by atoms with Crippen LogP contribution in [0.2, 0.25) is 0 Å². The van der Waals surface area contributed by atoms with Gasteiger partial charge in [-0.05, 0) is 70.2 Å². The number of pyridine rings is 1. The summed E-state index contributed by atoms with van der Waals surface area (Å²) in [5, 5.41) is 6.24. The van der Waals surface area contributed by atoms with Crippen molar-refractivity contribution in [3.05, 3.63) is 41.9 Å². The molecule has 1 aromatic heterocycles. The molecule has 5 nitrogen and oxygen atoms in total. The van der Waals surface area contributed by atoms with Crippen LogP contribution in [-0.2, 0) is 10.2 Å². The molecule has 4 aliphatic rings. The predicted octanol–water partition coefficient (Wildman–Crippen LogP) is 3.29. The van der Waals surface area contributed by atoms with Crippen molar-refractivity contribution < 1.29 is 4.74 Å². The van der Waals surface area contributed by atoms with Gasteiger partial charge in [-0.25, -0.2) is 5.43 Å². The number of aromatic nitrogens is 1. The minimum Gasteiger partial charge on any atom is -0.375 e. The van der Waals surface area contributed by atoms with Crippen LogP contribution in [0, 0.1) is 0 Å². The zero-order chi connectivity index (χ0) is 19.0. The maximum Gasteiger partial charge on any atom is 0.0691 e. The van der Waals surface area contributed by atoms with Gasteiger partial charge in [-0.2, -0.15) is 0 Å². The van der Waals surface area contributed by atoms with Crippen molar-refractivity contribution >= 4 is 0 Å². The first kappa shape index (κ1) is 18.6. The van der Waals surface area contributed by atoms with E-state index < -0.39 is 0 Å². The van der Waals surface area contributed by atoms with E-state index in [1.54, 1.807) is 0 Å². The van der Waals surface area contributed by atoms with Crippen LogP contribution < -0.4 is 10.7 Å². The number of rotatable bonds is 5. The molecule has 4 heterocycles. The average Bonchev–Trinajstić information content (AvgIpc) is 3.43. The summed E-state index contributed by atoms with van der Waals surface area (Å²) in [6.45, 7) is 5.19. The fourth-order valence-corrected chi connectivity index (χ4v) is 6.20. The maximum absolute atomic E-state index is 6.38. The molecule has 0 aromatic carbocycles. The van der Waals surface area contributed by atoms with Gasteiger partial charge < -0.3 is 15.1 Å². The third-order valence-electron chi connectivity index (χ3n) is 7.59. The first-order valence-electron chi connectivity index (χ1n) is 11.2. The number of hydrazine groups is 1. The number of nitrogens with one attached hydrogen (secondary N) is 2. The van der Waals surface area contributed by atoms with Crippen LogP contribution in [0.1, 0.15) is 64.0 Å². The Morgan fingerprint density at radius 1 is 1.29 bits per heavy atom. The van der Waals surface area contributed by atoms with E-state index >= 15 is 0 Å². The van der Waals surface area contributed by atoms with Gasteiger partial charge in [-0.3, -0.25) is 4.98 Å². The Morgan fingerprint density at radius 2 is 2.18 bits per heavy atom. The summed E-state index contributed by atoms with van der Waals surface area (Å²) in [6, 6.07) is 7.48. The Hall–Kier alpha value is -1.43. The van der Waals surface area contributed by atoms with Crippen molar-refractivity contribution in [2.45, 2.75) is 81.4 Å². The largest absolute Gasteiger partial charge is 0.375 e. The minimum absolute atomic E-state index is 0.104. The molecule has 0 radical (unpaired) electrons. The standard InChI is InChI=1S/C23H34N4O/c1-18-16-19(20-7-13-26-27(18)20)24-14-10-22(21-6-2-5-12-25-21)11-15-28-23(17-22)8-3-4-9-23/h2,5-7,12,18-19,24,26H,3-4,8-11,13-17H2,1H3/t18?,19?,22-/m1/s1. The summed E-state index contributed by atoms with van der Waals surface area (Å²) in [5.74, 6) is 0. The molecule has 2 unspecified atom stereocenters. The second kappa shape index (κ2) is 7.43. The second-order valence-corrected chi connectivity index (χ2v) is 9.36. The lowest BCUT2D eigenvalue weighted by molar-refractivity contribution is -0.104. The molecule has 1 saturated carbocycles. The lowest BCUT2D eigenvalue weighted by Crippen LogP contribution is -2.48. The van der Waals surface area contributed by atoms with Gasteiger partial charge in [-0.15, -0.1) is 0 Å². The third kappa shape index (κ3) is 3.27. The monoisotopic (exact) mass is 382 g/mol. The van der Waals surface area contributed by atoms with Crippen molar-refractivity contribution in [2.75, 3.05) is 19.7 Å². The molecule has 2 N–H and O–H groups in total. The molecule has 0 bridgehead atoms. The van der Waals surface area contributed by atoms with Gasteiger partial charge in [0.1, 0.15) is 0 Å². The van der Waals surface area contributed by atoms with Crippen LogP contribution in [0.4, 0.5) is 0 Å². The molecular weight excluding hydrogens is 348 g/mol. The highest BCUT2D eigenvalue weighted by atomic mass is 16.5. The van der Waals surface area contributed by atoms with E-state index in [1.807, 2.05) is 12.3 Å². The van der Waals surface area contributed by atoms with Crippen LogP contribution in [0.3, 0.4) is 0 Å². The van der Waals surface area contributed by atoms with Crippen LogP contribution in [0.15, 0.2) is 36.2 Å². The van der Waals surface area contributed by atoms with Gasteiger partial charge >= 0.3 is 0 Å². The van der Waals surface area contributed by atoms with E-state index in [2.05, 4.69) is 40.9 Å². The summed E-state index contributed by atoms with van der Waals surface area (Å²) in [5.41, 5.74) is 6.44. The average molecular weight is 383 g/mol. The molecule has 5 heteroatoms. The predicted molar refractivity (Wildman–Crippen MR) is 111 cm³/mol. The quantitative estimate of drug-likeness (QED) is 0.818. The van der Waals surface area contributed by atoms with Crippen LogP contribution >= 0.6 is 0 Å². The van der Waals surface area contributed by atoms with Crippen molar-refractivity contribution in [3.8, 4) is 0 Å². The molecule has 28 heavy (non-hydrogen) atoms. The summed E-state index contributed by atoms with van der Waals surface area (Å²) >= 11 is 0. The molecule has 5 rings (SSSR count). The number of nitrogens with zero attached hydrogens (tertiary/aromatic N) is 2. The normalized spacial score (nSPS) is 34.0. The number of hydrogen-bond donors (Lipinski definition) is 2. The highest BCUT2D eigenvalue weighted by Crippen LogP contribution is 2.49. The van der Waals surface area contributed by atoms with Crippen molar-refractivity contribution in [1.82, 2.24) is 20.7 Å². The molecule has 3 atom stereocenters. The fourth-order valence-electron chi connectivity index (χ4n) is 6.20. The van der Waals surface area contributed by atoms with Gasteiger partial charge in [0, 0.05) is 42.2 Å². The Morgan fingerprint density at radius 3 is 3.00 bits per heavy atom. The molecule has 3 fully saturated rings. The lowest BCUT2D eigenvalue weighted by atomic mass is 9.68. The molecule has 152 valence electrons. The molecule has 1 aromatic rings. The van der Waals surface area contributed by atoms with Crippen molar-refractivity contribution in [3.63, 3.8) is 0 Å². The number of fused-ring (bicyclic) bond motifs is 1.